The molecule has 0 spiro atoms. The maximum absolute atomic E-state index is 11.2. The van der Waals surface area contributed by atoms with Gasteiger partial charge < -0.3 is 13.9 Å². The minimum absolute atomic E-state index is 0.00223. The third kappa shape index (κ3) is 4.54. The fourth-order valence-corrected chi connectivity index (χ4v) is 2.88. The first kappa shape index (κ1) is 19.1. The monoisotopic (exact) mass is 404 g/mol. The molecule has 0 saturated carbocycles. The highest BCUT2D eigenvalue weighted by Gasteiger charge is 2.22. The maximum Gasteiger partial charge on any atom is 0.290 e. The zero-order valence-electron chi connectivity index (χ0n) is 14.3. The topological polar surface area (TPSA) is 144 Å². The molecule has 0 bridgehead atoms. The average molecular weight is 404 g/mol. The number of hydrogen-bond acceptors (Lipinski definition) is 10. The van der Waals surface area contributed by atoms with Gasteiger partial charge in [-0.1, -0.05) is 0 Å². The SMILES string of the molecule is COc1ccc(OCc2nnc(Sc3ccc([N+](=O)[O-])cc3[N+](=O)[O-])o2)cc1. The lowest BCUT2D eigenvalue weighted by atomic mass is 10.3. The molecule has 3 rings (SSSR count). The van der Waals surface area contributed by atoms with Gasteiger partial charge in [0.05, 0.1) is 27.9 Å². The second kappa shape index (κ2) is 8.35. The van der Waals surface area contributed by atoms with E-state index in [0.29, 0.717) is 11.5 Å². The van der Waals surface area contributed by atoms with Crippen LogP contribution in [0, 0.1) is 20.2 Å². The number of nitro benzene ring substituents is 2. The van der Waals surface area contributed by atoms with Gasteiger partial charge in [0, 0.05) is 6.07 Å². The highest BCUT2D eigenvalue weighted by Crippen LogP contribution is 2.36. The molecule has 0 fully saturated rings. The van der Waals surface area contributed by atoms with Gasteiger partial charge in [0.25, 0.3) is 22.5 Å². The summed E-state index contributed by atoms with van der Waals surface area (Å²) in [5, 5.41) is 29.6. The Kier molecular flexibility index (Phi) is 5.69. The van der Waals surface area contributed by atoms with Gasteiger partial charge in [0.15, 0.2) is 6.61 Å². The predicted octanol–water partition coefficient (Wildman–Crippen LogP) is 3.62. The minimum Gasteiger partial charge on any atom is -0.497 e. The van der Waals surface area contributed by atoms with E-state index in [2.05, 4.69) is 10.2 Å². The second-order valence-corrected chi connectivity index (χ2v) is 6.19. The number of nitro groups is 2. The molecule has 3 aromatic rings. The molecular weight excluding hydrogens is 392 g/mol. The van der Waals surface area contributed by atoms with Gasteiger partial charge in [0.1, 0.15) is 11.5 Å². The van der Waals surface area contributed by atoms with E-state index in [0.717, 1.165) is 17.8 Å². The van der Waals surface area contributed by atoms with Gasteiger partial charge in [-0.25, -0.2) is 0 Å². The zero-order valence-corrected chi connectivity index (χ0v) is 15.1. The highest BCUT2D eigenvalue weighted by atomic mass is 32.2. The lowest BCUT2D eigenvalue weighted by molar-refractivity contribution is -0.396. The van der Waals surface area contributed by atoms with Crippen LogP contribution in [0.25, 0.3) is 0 Å². The van der Waals surface area contributed by atoms with Crippen molar-refractivity contribution in [3.8, 4) is 11.5 Å². The summed E-state index contributed by atoms with van der Waals surface area (Å²) >= 11 is 0.834. The Hall–Kier alpha value is -3.67. The summed E-state index contributed by atoms with van der Waals surface area (Å²) in [5.74, 6) is 1.43. The fourth-order valence-electron chi connectivity index (χ4n) is 2.10. The van der Waals surface area contributed by atoms with Gasteiger partial charge in [-0.15, -0.1) is 10.2 Å². The van der Waals surface area contributed by atoms with Crippen LogP contribution in [0.2, 0.25) is 0 Å². The van der Waals surface area contributed by atoms with Crippen LogP contribution in [0.5, 0.6) is 11.5 Å². The molecule has 0 atom stereocenters. The highest BCUT2D eigenvalue weighted by molar-refractivity contribution is 7.99. The molecule has 0 N–H and O–H groups in total. The van der Waals surface area contributed by atoms with Gasteiger partial charge in [0.2, 0.25) is 0 Å². The first-order chi connectivity index (χ1) is 13.5. The molecule has 1 aromatic heterocycles. The Morgan fingerprint density at radius 3 is 2.39 bits per heavy atom. The number of hydrogen-bond donors (Lipinski definition) is 0. The van der Waals surface area contributed by atoms with Gasteiger partial charge in [-0.05, 0) is 42.1 Å². The molecule has 11 nitrogen and oxygen atoms in total. The summed E-state index contributed by atoms with van der Waals surface area (Å²) in [6, 6.07) is 10.2. The van der Waals surface area contributed by atoms with Crippen LogP contribution in [-0.4, -0.2) is 27.2 Å². The number of ether oxygens (including phenoxy) is 2. The molecule has 12 heteroatoms. The van der Waals surface area contributed by atoms with E-state index in [1.807, 2.05) is 0 Å². The normalized spacial score (nSPS) is 10.5. The van der Waals surface area contributed by atoms with E-state index >= 15 is 0 Å². The van der Waals surface area contributed by atoms with Crippen LogP contribution < -0.4 is 9.47 Å². The zero-order chi connectivity index (χ0) is 20.1. The summed E-state index contributed by atoms with van der Waals surface area (Å²) in [6.45, 7) is 0.00223. The van der Waals surface area contributed by atoms with Crippen molar-refractivity contribution in [1.82, 2.24) is 10.2 Å². The number of aromatic nitrogens is 2. The van der Waals surface area contributed by atoms with Crippen molar-refractivity contribution >= 4 is 23.1 Å². The molecule has 28 heavy (non-hydrogen) atoms. The standard InChI is InChI=1S/C16H12N4O7S/c1-25-11-3-5-12(6-4-11)26-9-15-17-18-16(27-15)28-14-7-2-10(19(21)22)8-13(14)20(23)24/h2-8H,9H2,1H3. The molecule has 0 amide bonds. The number of nitrogens with zero attached hydrogens (tertiary/aromatic N) is 4. The lowest BCUT2D eigenvalue weighted by Gasteiger charge is -2.04. The van der Waals surface area contributed by atoms with E-state index in [1.54, 1.807) is 31.4 Å². The van der Waals surface area contributed by atoms with Crippen LogP contribution in [0.3, 0.4) is 0 Å². The molecule has 144 valence electrons. The Balaban J connectivity index is 1.68. The van der Waals surface area contributed by atoms with E-state index in [4.69, 9.17) is 13.9 Å². The average Bonchev–Trinajstić information content (AvgIpc) is 3.14. The Morgan fingerprint density at radius 2 is 1.75 bits per heavy atom. The molecule has 0 saturated heterocycles. The molecule has 1 heterocycles. The molecule has 0 radical (unpaired) electrons. The summed E-state index contributed by atoms with van der Waals surface area (Å²) < 4.78 is 16.0. The van der Waals surface area contributed by atoms with E-state index in [1.165, 1.54) is 12.1 Å². The van der Waals surface area contributed by atoms with Crippen molar-refractivity contribution in [2.24, 2.45) is 0 Å². The first-order valence-corrected chi connectivity index (χ1v) is 8.48. The van der Waals surface area contributed by atoms with Crippen LogP contribution in [0.15, 0.2) is 57.0 Å². The maximum atomic E-state index is 11.2. The quantitative estimate of drug-likeness (QED) is 0.403. The summed E-state index contributed by atoms with van der Waals surface area (Å²) in [7, 11) is 1.56. The smallest absolute Gasteiger partial charge is 0.290 e. The van der Waals surface area contributed by atoms with E-state index in [9.17, 15) is 20.2 Å². The van der Waals surface area contributed by atoms with E-state index < -0.39 is 15.5 Å². The summed E-state index contributed by atoms with van der Waals surface area (Å²) in [5.41, 5.74) is -0.802. The summed E-state index contributed by atoms with van der Waals surface area (Å²) in [6.07, 6.45) is 0. The lowest BCUT2D eigenvalue weighted by Crippen LogP contribution is -1.95. The largest absolute Gasteiger partial charge is 0.497 e. The molecular formula is C16H12N4O7S. The number of non-ortho nitro benzene ring substituents is 1. The molecule has 0 aliphatic rings. The van der Waals surface area contributed by atoms with Crippen molar-refractivity contribution in [2.75, 3.05) is 7.11 Å². The third-order valence-corrected chi connectivity index (χ3v) is 4.32. The van der Waals surface area contributed by atoms with Crippen molar-refractivity contribution in [2.45, 2.75) is 16.7 Å². The van der Waals surface area contributed by atoms with Gasteiger partial charge in [-0.2, -0.15) is 0 Å². The Bertz CT molecular complexity index is 1010. The Labute approximate surface area is 161 Å². The van der Waals surface area contributed by atoms with Crippen LogP contribution in [-0.2, 0) is 6.61 Å². The third-order valence-electron chi connectivity index (χ3n) is 3.42. The van der Waals surface area contributed by atoms with Crippen molar-refractivity contribution < 1.29 is 23.7 Å². The van der Waals surface area contributed by atoms with Gasteiger partial charge >= 0.3 is 0 Å². The second-order valence-electron chi connectivity index (χ2n) is 5.19. The van der Waals surface area contributed by atoms with Crippen LogP contribution in [0.1, 0.15) is 5.89 Å². The number of rotatable bonds is 8. The predicted molar refractivity (Wildman–Crippen MR) is 95.5 cm³/mol. The molecule has 0 aliphatic carbocycles. The fraction of sp³-hybridized carbons (Fsp3) is 0.125. The van der Waals surface area contributed by atoms with Crippen LogP contribution in [0.4, 0.5) is 11.4 Å². The van der Waals surface area contributed by atoms with Crippen molar-refractivity contribution in [3.63, 3.8) is 0 Å². The van der Waals surface area contributed by atoms with E-state index in [-0.39, 0.29) is 28.3 Å². The number of methoxy groups -OCH3 is 1. The molecule has 0 aliphatic heterocycles. The van der Waals surface area contributed by atoms with Crippen molar-refractivity contribution in [3.05, 3.63) is 68.6 Å². The minimum atomic E-state index is -0.709. The Morgan fingerprint density at radius 1 is 1.04 bits per heavy atom. The van der Waals surface area contributed by atoms with Crippen LogP contribution >= 0.6 is 11.8 Å². The van der Waals surface area contributed by atoms with Crippen molar-refractivity contribution in [1.29, 1.82) is 0 Å². The number of benzene rings is 2. The first-order valence-electron chi connectivity index (χ1n) is 7.66. The molecule has 0 unspecified atom stereocenters. The molecule has 2 aromatic carbocycles. The summed E-state index contributed by atoms with van der Waals surface area (Å²) in [4.78, 5) is 20.7. The van der Waals surface area contributed by atoms with Gasteiger partial charge in [-0.3, -0.25) is 20.2 Å².